The summed E-state index contributed by atoms with van der Waals surface area (Å²) in [5.41, 5.74) is 3.67. The molecule has 0 radical (unpaired) electrons. The van der Waals surface area contributed by atoms with Gasteiger partial charge < -0.3 is 9.84 Å². The number of fused-ring (bicyclic) bond motifs is 1. The van der Waals surface area contributed by atoms with Gasteiger partial charge >= 0.3 is 5.97 Å². The van der Waals surface area contributed by atoms with Crippen molar-refractivity contribution in [2.45, 2.75) is 31.5 Å². The molecule has 2 atom stereocenters. The second-order valence-electron chi connectivity index (χ2n) is 7.71. The van der Waals surface area contributed by atoms with Gasteiger partial charge in [-0.05, 0) is 48.7 Å². The fourth-order valence-electron chi connectivity index (χ4n) is 3.99. The van der Waals surface area contributed by atoms with E-state index in [1.54, 1.807) is 19.2 Å². The van der Waals surface area contributed by atoms with Gasteiger partial charge in [0.05, 0.1) is 6.61 Å². The molecule has 29 heavy (non-hydrogen) atoms. The van der Waals surface area contributed by atoms with Crippen molar-refractivity contribution in [3.05, 3.63) is 70.2 Å². The van der Waals surface area contributed by atoms with Gasteiger partial charge in [-0.1, -0.05) is 48.0 Å². The van der Waals surface area contributed by atoms with Crippen LogP contribution in [0.2, 0.25) is 5.02 Å². The molecule has 0 aliphatic carbocycles. The van der Waals surface area contributed by atoms with E-state index in [2.05, 4.69) is 41.1 Å². The molecule has 1 heterocycles. The number of halogens is 1. The molecule has 2 aromatic carbocycles. The summed E-state index contributed by atoms with van der Waals surface area (Å²) >= 11 is 5.98. The number of methoxy groups -OCH3 is 1. The molecule has 0 unspecified atom stereocenters. The Morgan fingerprint density at radius 1 is 1.24 bits per heavy atom. The first-order valence-corrected chi connectivity index (χ1v) is 10.3. The third-order valence-electron chi connectivity index (χ3n) is 5.71. The first-order valence-electron chi connectivity index (χ1n) is 9.95. The smallest absolute Gasteiger partial charge is 0.321 e. The lowest BCUT2D eigenvalue weighted by atomic mass is 9.93. The maximum atomic E-state index is 12.2. The number of carboxylic acid groups (broad SMARTS) is 1. The van der Waals surface area contributed by atoms with E-state index in [1.165, 1.54) is 11.1 Å². The van der Waals surface area contributed by atoms with E-state index in [4.69, 9.17) is 16.3 Å². The van der Waals surface area contributed by atoms with Crippen molar-refractivity contribution in [3.63, 3.8) is 0 Å². The molecule has 0 spiro atoms. The summed E-state index contributed by atoms with van der Waals surface area (Å²) in [6.45, 7) is 2.64. The minimum Gasteiger partial charge on any atom is -0.480 e. The van der Waals surface area contributed by atoms with E-state index in [-0.39, 0.29) is 6.04 Å². The predicted molar refractivity (Wildman–Crippen MR) is 115 cm³/mol. The van der Waals surface area contributed by atoms with Crippen LogP contribution in [0.3, 0.4) is 0 Å². The van der Waals surface area contributed by atoms with Gasteiger partial charge in [-0.15, -0.1) is 0 Å². The van der Waals surface area contributed by atoms with E-state index in [1.807, 2.05) is 12.1 Å². The van der Waals surface area contributed by atoms with Crippen molar-refractivity contribution in [2.75, 3.05) is 33.9 Å². The molecular weight excluding hydrogens is 388 g/mol. The van der Waals surface area contributed by atoms with Crippen LogP contribution in [-0.4, -0.2) is 66.8 Å². The number of likely N-dealkylation sites (N-methyl/N-ethyl adjacent to an activating group) is 1. The molecule has 1 aliphatic heterocycles. The minimum absolute atomic E-state index is 0.258. The highest BCUT2D eigenvalue weighted by Gasteiger charge is 2.31. The Kier molecular flexibility index (Phi) is 7.67. The maximum absolute atomic E-state index is 12.2. The highest BCUT2D eigenvalue weighted by atomic mass is 35.5. The highest BCUT2D eigenvalue weighted by Crippen LogP contribution is 2.23. The third kappa shape index (κ3) is 5.80. The molecule has 0 saturated carbocycles. The first-order chi connectivity index (χ1) is 14.0. The van der Waals surface area contributed by atoms with E-state index in [9.17, 15) is 9.90 Å². The molecular formula is C23H29ClN2O3. The second-order valence-corrected chi connectivity index (χ2v) is 8.15. The number of rotatable bonds is 9. The van der Waals surface area contributed by atoms with Crippen molar-refractivity contribution in [3.8, 4) is 0 Å². The molecule has 1 N–H and O–H groups in total. The standard InChI is InChI=1S/C23H29ClN2O3/c1-25-15-19-6-4-3-5-18(19)14-21(25)16-26(11-12-29-2)22(23(27)28)13-17-7-9-20(24)10-8-17/h3-10,21-22H,11-16H2,1-2H3,(H,27,28)/t21-,22-/m1/s1. The van der Waals surface area contributed by atoms with Crippen molar-refractivity contribution < 1.29 is 14.6 Å². The number of ether oxygens (including phenoxy) is 1. The van der Waals surface area contributed by atoms with Crippen LogP contribution in [0.25, 0.3) is 0 Å². The summed E-state index contributed by atoms with van der Waals surface area (Å²) in [6.07, 6.45) is 1.35. The molecule has 2 aromatic rings. The minimum atomic E-state index is -0.810. The molecule has 0 bridgehead atoms. The van der Waals surface area contributed by atoms with Crippen LogP contribution in [0.15, 0.2) is 48.5 Å². The maximum Gasteiger partial charge on any atom is 0.321 e. The molecule has 1 aliphatic rings. The van der Waals surface area contributed by atoms with Gasteiger partial charge in [0.25, 0.3) is 0 Å². The quantitative estimate of drug-likeness (QED) is 0.679. The van der Waals surface area contributed by atoms with Crippen LogP contribution in [0, 0.1) is 0 Å². The van der Waals surface area contributed by atoms with Crippen LogP contribution >= 0.6 is 11.6 Å². The SMILES string of the molecule is COCCN(C[C@H]1Cc2ccccc2CN1C)[C@H](Cc1ccc(Cl)cc1)C(=O)O. The lowest BCUT2D eigenvalue weighted by molar-refractivity contribution is -0.144. The van der Waals surface area contributed by atoms with Crippen LogP contribution in [-0.2, 0) is 28.9 Å². The molecule has 0 saturated heterocycles. The number of carboxylic acids is 1. The molecule has 5 nitrogen and oxygen atoms in total. The Bertz CT molecular complexity index is 812. The zero-order valence-corrected chi connectivity index (χ0v) is 17.8. The Hall–Kier alpha value is -1.92. The van der Waals surface area contributed by atoms with Crippen LogP contribution in [0.1, 0.15) is 16.7 Å². The molecule has 0 fully saturated rings. The Balaban J connectivity index is 1.77. The summed E-state index contributed by atoms with van der Waals surface area (Å²) in [5.74, 6) is -0.810. The lowest BCUT2D eigenvalue weighted by Gasteiger charge is -2.39. The summed E-state index contributed by atoms with van der Waals surface area (Å²) < 4.78 is 5.27. The fraction of sp³-hybridized carbons (Fsp3) is 0.435. The van der Waals surface area contributed by atoms with Gasteiger partial charge in [0.15, 0.2) is 0 Å². The van der Waals surface area contributed by atoms with E-state index in [0.29, 0.717) is 31.1 Å². The van der Waals surface area contributed by atoms with E-state index >= 15 is 0 Å². The zero-order chi connectivity index (χ0) is 20.8. The van der Waals surface area contributed by atoms with Crippen LogP contribution in [0.4, 0.5) is 0 Å². The Labute approximate surface area is 177 Å². The molecule has 156 valence electrons. The summed E-state index contributed by atoms with van der Waals surface area (Å²) in [7, 11) is 3.76. The molecule has 0 amide bonds. The number of benzene rings is 2. The second kappa shape index (κ2) is 10.2. The molecule has 0 aromatic heterocycles. The average Bonchev–Trinajstić information content (AvgIpc) is 2.71. The Morgan fingerprint density at radius 2 is 1.93 bits per heavy atom. The normalized spacial score (nSPS) is 17.9. The topological polar surface area (TPSA) is 53.0 Å². The number of hydrogen-bond acceptors (Lipinski definition) is 4. The van der Waals surface area contributed by atoms with Crippen LogP contribution < -0.4 is 0 Å². The van der Waals surface area contributed by atoms with Gasteiger partial charge in [0, 0.05) is 37.8 Å². The van der Waals surface area contributed by atoms with Crippen molar-refractivity contribution in [2.24, 2.45) is 0 Å². The Morgan fingerprint density at radius 3 is 2.59 bits per heavy atom. The van der Waals surface area contributed by atoms with Gasteiger partial charge in [0.1, 0.15) is 6.04 Å². The van der Waals surface area contributed by atoms with Crippen molar-refractivity contribution in [1.82, 2.24) is 9.80 Å². The van der Waals surface area contributed by atoms with Gasteiger partial charge in [-0.2, -0.15) is 0 Å². The molecule has 3 rings (SSSR count). The number of nitrogens with zero attached hydrogens (tertiary/aromatic N) is 2. The highest BCUT2D eigenvalue weighted by molar-refractivity contribution is 6.30. The summed E-state index contributed by atoms with van der Waals surface area (Å²) in [4.78, 5) is 16.5. The number of carbonyl (C=O) groups is 1. The van der Waals surface area contributed by atoms with Crippen molar-refractivity contribution >= 4 is 17.6 Å². The van der Waals surface area contributed by atoms with Gasteiger partial charge in [0.2, 0.25) is 0 Å². The monoisotopic (exact) mass is 416 g/mol. The summed E-state index contributed by atoms with van der Waals surface area (Å²) in [5, 5.41) is 10.6. The fourth-order valence-corrected chi connectivity index (χ4v) is 4.12. The number of aliphatic carboxylic acids is 1. The zero-order valence-electron chi connectivity index (χ0n) is 17.1. The van der Waals surface area contributed by atoms with Crippen LogP contribution in [0.5, 0.6) is 0 Å². The van der Waals surface area contributed by atoms with Gasteiger partial charge in [-0.25, -0.2) is 0 Å². The lowest BCUT2D eigenvalue weighted by Crippen LogP contribution is -2.52. The van der Waals surface area contributed by atoms with Gasteiger partial charge in [-0.3, -0.25) is 14.6 Å². The first kappa shape index (κ1) is 21.8. The predicted octanol–water partition coefficient (Wildman–Crippen LogP) is 3.34. The average molecular weight is 417 g/mol. The third-order valence-corrected chi connectivity index (χ3v) is 5.97. The number of hydrogen-bond donors (Lipinski definition) is 1. The van der Waals surface area contributed by atoms with Crippen molar-refractivity contribution in [1.29, 1.82) is 0 Å². The summed E-state index contributed by atoms with van der Waals surface area (Å²) in [6, 6.07) is 15.6. The molecule has 6 heteroatoms. The largest absolute Gasteiger partial charge is 0.480 e. The van der Waals surface area contributed by atoms with E-state index < -0.39 is 12.0 Å². The van der Waals surface area contributed by atoms with E-state index in [0.717, 1.165) is 18.5 Å².